The SMILES string of the molecule is O=C1NC(=NNC(=S)Nc2ccccc2)NC(=O)C1Cc1ccccc1. The normalized spacial score (nSPS) is 16.3. The van der Waals surface area contributed by atoms with Crippen LogP contribution in [0.1, 0.15) is 5.56 Å². The number of rotatable bonds is 4. The fourth-order valence-corrected chi connectivity index (χ4v) is 2.60. The molecule has 0 spiro atoms. The number of benzene rings is 2. The smallest absolute Gasteiger partial charge is 0.239 e. The van der Waals surface area contributed by atoms with Crippen molar-refractivity contribution < 1.29 is 9.59 Å². The lowest BCUT2D eigenvalue weighted by molar-refractivity contribution is -0.135. The Bertz CT molecular complexity index is 819. The van der Waals surface area contributed by atoms with E-state index in [-0.39, 0.29) is 11.1 Å². The van der Waals surface area contributed by atoms with Gasteiger partial charge in [-0.1, -0.05) is 48.5 Å². The number of nitrogens with one attached hydrogen (secondary N) is 4. The molecule has 0 radical (unpaired) electrons. The summed E-state index contributed by atoms with van der Waals surface area (Å²) in [6.45, 7) is 0. The van der Waals surface area contributed by atoms with Crippen molar-refractivity contribution in [3.05, 3.63) is 66.2 Å². The van der Waals surface area contributed by atoms with Gasteiger partial charge in [-0.3, -0.25) is 25.6 Å². The quantitative estimate of drug-likeness (QED) is 0.372. The van der Waals surface area contributed by atoms with Crippen LogP contribution in [0.4, 0.5) is 5.69 Å². The van der Waals surface area contributed by atoms with Crippen LogP contribution in [0.15, 0.2) is 65.8 Å². The molecular formula is C18H17N5O2S. The Hall–Kier alpha value is -3.26. The lowest BCUT2D eigenvalue weighted by atomic mass is 9.96. The van der Waals surface area contributed by atoms with Crippen molar-refractivity contribution >= 4 is 40.8 Å². The molecule has 132 valence electrons. The van der Waals surface area contributed by atoms with Crippen LogP contribution in [0.25, 0.3) is 0 Å². The maximum atomic E-state index is 12.2. The number of amides is 2. The van der Waals surface area contributed by atoms with Gasteiger partial charge in [0.1, 0.15) is 5.92 Å². The average molecular weight is 367 g/mol. The number of hydrogen-bond acceptors (Lipinski definition) is 4. The molecule has 26 heavy (non-hydrogen) atoms. The Balaban J connectivity index is 1.56. The van der Waals surface area contributed by atoms with E-state index in [1.165, 1.54) is 0 Å². The summed E-state index contributed by atoms with van der Waals surface area (Å²) in [4.78, 5) is 24.5. The van der Waals surface area contributed by atoms with E-state index in [1.807, 2.05) is 60.7 Å². The highest BCUT2D eigenvalue weighted by Gasteiger charge is 2.33. The van der Waals surface area contributed by atoms with Crippen molar-refractivity contribution in [1.82, 2.24) is 16.1 Å². The zero-order valence-electron chi connectivity index (χ0n) is 13.7. The molecule has 0 bridgehead atoms. The van der Waals surface area contributed by atoms with Crippen LogP contribution in [-0.2, 0) is 16.0 Å². The molecule has 1 aliphatic heterocycles. The summed E-state index contributed by atoms with van der Waals surface area (Å²) in [5.41, 5.74) is 4.29. The fourth-order valence-electron chi connectivity index (χ4n) is 2.44. The Morgan fingerprint density at radius 1 is 0.962 bits per heavy atom. The van der Waals surface area contributed by atoms with Crippen LogP contribution in [0.2, 0.25) is 0 Å². The molecule has 0 saturated carbocycles. The molecule has 1 saturated heterocycles. The van der Waals surface area contributed by atoms with Crippen molar-refractivity contribution in [1.29, 1.82) is 0 Å². The van der Waals surface area contributed by atoms with E-state index in [4.69, 9.17) is 12.2 Å². The van der Waals surface area contributed by atoms with Gasteiger partial charge in [0.15, 0.2) is 5.11 Å². The van der Waals surface area contributed by atoms with Crippen LogP contribution in [0.3, 0.4) is 0 Å². The number of anilines is 1. The van der Waals surface area contributed by atoms with Gasteiger partial charge in [0.2, 0.25) is 17.8 Å². The zero-order valence-corrected chi connectivity index (χ0v) is 14.5. The first-order valence-corrected chi connectivity index (χ1v) is 8.38. The minimum Gasteiger partial charge on any atom is -0.331 e. The molecule has 7 nitrogen and oxygen atoms in total. The second-order valence-corrected chi connectivity index (χ2v) is 6.02. The fraction of sp³-hybridized carbons (Fsp3) is 0.111. The number of carbonyl (C=O) groups excluding carboxylic acids is 2. The van der Waals surface area contributed by atoms with Gasteiger partial charge in [-0.15, -0.1) is 5.10 Å². The lowest BCUT2D eigenvalue weighted by Gasteiger charge is -2.23. The number of para-hydroxylation sites is 1. The van der Waals surface area contributed by atoms with Crippen molar-refractivity contribution in [2.75, 3.05) is 5.32 Å². The van der Waals surface area contributed by atoms with Crippen molar-refractivity contribution in [2.45, 2.75) is 6.42 Å². The van der Waals surface area contributed by atoms with E-state index in [2.05, 4.69) is 26.5 Å². The van der Waals surface area contributed by atoms with Crippen LogP contribution in [0, 0.1) is 5.92 Å². The summed E-state index contributed by atoms with van der Waals surface area (Å²) >= 11 is 5.12. The molecule has 4 N–H and O–H groups in total. The number of nitrogens with zero attached hydrogens (tertiary/aromatic N) is 1. The number of guanidine groups is 1. The molecule has 0 atom stereocenters. The zero-order chi connectivity index (χ0) is 18.4. The molecule has 2 amide bonds. The van der Waals surface area contributed by atoms with Crippen LogP contribution in [0.5, 0.6) is 0 Å². The van der Waals surface area contributed by atoms with Crippen LogP contribution in [-0.4, -0.2) is 22.9 Å². The minimum atomic E-state index is -0.800. The third-order valence-corrected chi connectivity index (χ3v) is 3.89. The molecule has 1 fully saturated rings. The summed E-state index contributed by atoms with van der Waals surface area (Å²) in [7, 11) is 0. The standard InChI is InChI=1S/C18H17N5O2S/c24-15-14(11-12-7-3-1-4-8-12)16(25)21-17(20-15)22-23-18(26)19-13-9-5-2-6-10-13/h1-10,14H,11H2,(H2,19,23,26)(H2,20,21,22,24,25). The molecule has 0 unspecified atom stereocenters. The minimum absolute atomic E-state index is 0.0153. The van der Waals surface area contributed by atoms with E-state index in [9.17, 15) is 9.59 Å². The summed E-state index contributed by atoms with van der Waals surface area (Å²) in [6.07, 6.45) is 0.327. The van der Waals surface area contributed by atoms with Crippen molar-refractivity contribution in [3.8, 4) is 0 Å². The third kappa shape index (κ3) is 4.64. The van der Waals surface area contributed by atoms with Gasteiger partial charge in [-0.25, -0.2) is 0 Å². The second kappa shape index (κ2) is 8.21. The van der Waals surface area contributed by atoms with Gasteiger partial charge in [0, 0.05) is 5.69 Å². The van der Waals surface area contributed by atoms with Gasteiger partial charge < -0.3 is 5.32 Å². The van der Waals surface area contributed by atoms with Gasteiger partial charge in [-0.05, 0) is 36.3 Å². The maximum absolute atomic E-state index is 12.2. The van der Waals surface area contributed by atoms with Gasteiger partial charge >= 0.3 is 0 Å². The molecule has 0 aromatic heterocycles. The number of thiocarbonyl (C=S) groups is 1. The van der Waals surface area contributed by atoms with Crippen molar-refractivity contribution in [3.63, 3.8) is 0 Å². The third-order valence-electron chi connectivity index (χ3n) is 3.70. The lowest BCUT2D eigenvalue weighted by Crippen LogP contribution is -2.57. The van der Waals surface area contributed by atoms with E-state index in [0.29, 0.717) is 6.42 Å². The summed E-state index contributed by atoms with van der Waals surface area (Å²) < 4.78 is 0. The first-order valence-electron chi connectivity index (χ1n) is 7.97. The van der Waals surface area contributed by atoms with Gasteiger partial charge in [0.05, 0.1) is 0 Å². The Morgan fingerprint density at radius 2 is 1.54 bits per heavy atom. The summed E-state index contributed by atoms with van der Waals surface area (Å²) in [6, 6.07) is 18.7. The predicted octanol–water partition coefficient (Wildman–Crippen LogP) is 1.35. The Morgan fingerprint density at radius 3 is 2.15 bits per heavy atom. The molecule has 8 heteroatoms. The van der Waals surface area contributed by atoms with E-state index in [1.54, 1.807) is 0 Å². The highest BCUT2D eigenvalue weighted by molar-refractivity contribution is 7.80. The molecular weight excluding hydrogens is 350 g/mol. The Kier molecular flexibility index (Phi) is 5.55. The maximum Gasteiger partial charge on any atom is 0.239 e. The molecule has 2 aromatic rings. The number of hydrogen-bond donors (Lipinski definition) is 4. The van der Waals surface area contributed by atoms with Gasteiger partial charge in [-0.2, -0.15) is 0 Å². The molecule has 2 aromatic carbocycles. The number of carbonyl (C=O) groups is 2. The largest absolute Gasteiger partial charge is 0.331 e. The van der Waals surface area contributed by atoms with Gasteiger partial charge in [0.25, 0.3) is 0 Å². The second-order valence-electron chi connectivity index (χ2n) is 5.61. The van der Waals surface area contributed by atoms with E-state index in [0.717, 1.165) is 11.3 Å². The molecule has 0 aliphatic carbocycles. The van der Waals surface area contributed by atoms with Crippen molar-refractivity contribution in [2.24, 2.45) is 11.0 Å². The summed E-state index contributed by atoms with van der Waals surface area (Å²) in [5, 5.41) is 12.2. The summed E-state index contributed by atoms with van der Waals surface area (Å²) in [5.74, 6) is -1.59. The van der Waals surface area contributed by atoms with E-state index < -0.39 is 17.7 Å². The van der Waals surface area contributed by atoms with Crippen LogP contribution >= 0.6 is 12.2 Å². The average Bonchev–Trinajstić information content (AvgIpc) is 2.65. The monoisotopic (exact) mass is 367 g/mol. The molecule has 1 heterocycles. The first-order chi connectivity index (χ1) is 12.6. The first kappa shape index (κ1) is 17.6. The highest BCUT2D eigenvalue weighted by atomic mass is 32.1. The Labute approximate surface area is 155 Å². The molecule has 3 rings (SSSR count). The topological polar surface area (TPSA) is 94.6 Å². The highest BCUT2D eigenvalue weighted by Crippen LogP contribution is 2.11. The predicted molar refractivity (Wildman–Crippen MR) is 103 cm³/mol. The number of hydrazone groups is 1. The van der Waals surface area contributed by atoms with E-state index >= 15 is 0 Å². The molecule has 1 aliphatic rings. The van der Waals surface area contributed by atoms with Crippen LogP contribution < -0.4 is 21.4 Å².